The second-order valence-corrected chi connectivity index (χ2v) is 8.87. The van der Waals surface area contributed by atoms with Crippen molar-refractivity contribution in [3.8, 4) is 22.8 Å². The number of hydrogen-bond acceptors (Lipinski definition) is 7. The minimum Gasteiger partial charge on any atom is -0.496 e. The average molecular weight is 434 g/mol. The highest BCUT2D eigenvalue weighted by atomic mass is 32.2. The molecule has 0 aliphatic heterocycles. The van der Waals surface area contributed by atoms with Crippen LogP contribution in [0.3, 0.4) is 0 Å². The van der Waals surface area contributed by atoms with Gasteiger partial charge in [0.15, 0.2) is 0 Å². The second kappa shape index (κ2) is 8.62. The number of nitrogens with zero attached hydrogens (tertiary/aromatic N) is 2. The summed E-state index contributed by atoms with van der Waals surface area (Å²) < 4.78 is 57.8. The Morgan fingerprint density at radius 3 is 2.50 bits per heavy atom. The molecule has 0 unspecified atom stereocenters. The first-order chi connectivity index (χ1) is 14.2. The van der Waals surface area contributed by atoms with Crippen LogP contribution in [0.2, 0.25) is 0 Å². The quantitative estimate of drug-likeness (QED) is 0.574. The Hall–Kier alpha value is -3.27. The van der Waals surface area contributed by atoms with E-state index in [1.165, 1.54) is 44.7 Å². The third kappa shape index (κ3) is 5.20. The lowest BCUT2D eigenvalue weighted by molar-refractivity contribution is 0.398. The molecule has 10 heteroatoms. The molecular weight excluding hydrogens is 414 g/mol. The molecule has 3 rings (SSSR count). The lowest BCUT2D eigenvalue weighted by Gasteiger charge is -2.13. The molecule has 158 valence electrons. The van der Waals surface area contributed by atoms with E-state index in [4.69, 9.17) is 14.3 Å². The van der Waals surface area contributed by atoms with Crippen LogP contribution in [0.5, 0.6) is 11.6 Å². The fourth-order valence-electron chi connectivity index (χ4n) is 2.86. The molecule has 0 aliphatic carbocycles. The van der Waals surface area contributed by atoms with E-state index in [2.05, 4.69) is 15.3 Å². The van der Waals surface area contributed by atoms with Crippen LogP contribution < -0.4 is 14.8 Å². The van der Waals surface area contributed by atoms with Gasteiger partial charge in [0, 0.05) is 39.2 Å². The van der Waals surface area contributed by atoms with E-state index in [-0.39, 0.29) is 28.8 Å². The molecule has 2 aromatic heterocycles. The summed E-state index contributed by atoms with van der Waals surface area (Å²) in [6.07, 6.45) is 2.38. The third-order valence-corrected chi connectivity index (χ3v) is 4.96. The van der Waals surface area contributed by atoms with Crippen molar-refractivity contribution in [1.29, 1.82) is 4.78 Å². The van der Waals surface area contributed by atoms with Gasteiger partial charge < -0.3 is 14.8 Å². The summed E-state index contributed by atoms with van der Waals surface area (Å²) in [5.41, 5.74) is 1.12. The van der Waals surface area contributed by atoms with E-state index in [0.29, 0.717) is 16.9 Å². The van der Waals surface area contributed by atoms with Crippen LogP contribution in [-0.2, 0) is 15.5 Å². The number of benzene rings is 1. The lowest BCUT2D eigenvalue weighted by atomic mass is 10.0. The molecule has 1 aromatic carbocycles. The molecule has 30 heavy (non-hydrogen) atoms. The van der Waals surface area contributed by atoms with Gasteiger partial charge in [0.1, 0.15) is 29.0 Å². The van der Waals surface area contributed by atoms with Gasteiger partial charge in [0.2, 0.25) is 5.88 Å². The highest BCUT2D eigenvalue weighted by molar-refractivity contribution is 7.90. The van der Waals surface area contributed by atoms with Gasteiger partial charge in [-0.2, -0.15) is 4.98 Å². The van der Waals surface area contributed by atoms with E-state index in [1.807, 2.05) is 0 Å². The van der Waals surface area contributed by atoms with E-state index in [9.17, 15) is 13.0 Å². The number of rotatable bonds is 7. The molecule has 0 fully saturated rings. The zero-order valence-electron chi connectivity index (χ0n) is 16.5. The maximum atomic E-state index is 14.5. The van der Waals surface area contributed by atoms with Crippen LogP contribution in [0, 0.1) is 16.4 Å². The van der Waals surface area contributed by atoms with Gasteiger partial charge in [-0.3, -0.25) is 4.78 Å². The molecule has 2 N–H and O–H groups in total. The molecule has 0 spiro atoms. The SMILES string of the molecule is COc1cc(C[S@](C)(=N)=O)cc(Nc2cc(-c3ccc(F)cc3OC)c(F)cn2)n1. The van der Waals surface area contributed by atoms with Crippen molar-refractivity contribution in [3.05, 3.63) is 59.8 Å². The monoisotopic (exact) mass is 434 g/mol. The van der Waals surface area contributed by atoms with Crippen molar-refractivity contribution in [2.75, 3.05) is 25.8 Å². The highest BCUT2D eigenvalue weighted by Crippen LogP contribution is 2.34. The van der Waals surface area contributed by atoms with E-state index < -0.39 is 21.4 Å². The second-order valence-electron chi connectivity index (χ2n) is 6.57. The van der Waals surface area contributed by atoms with Crippen molar-refractivity contribution in [3.63, 3.8) is 0 Å². The first kappa shape index (κ1) is 21.4. The van der Waals surface area contributed by atoms with Crippen molar-refractivity contribution in [2.45, 2.75) is 5.75 Å². The molecular formula is C20H20F2N4O3S. The number of ether oxygens (including phenoxy) is 2. The Morgan fingerprint density at radius 1 is 1.07 bits per heavy atom. The van der Waals surface area contributed by atoms with E-state index in [1.54, 1.807) is 12.1 Å². The third-order valence-electron chi connectivity index (χ3n) is 4.08. The van der Waals surface area contributed by atoms with Crippen LogP contribution in [0.25, 0.3) is 11.1 Å². The Kier molecular flexibility index (Phi) is 6.16. The molecule has 0 aliphatic rings. The van der Waals surface area contributed by atoms with Crippen LogP contribution in [0.4, 0.5) is 20.4 Å². The zero-order valence-corrected chi connectivity index (χ0v) is 17.3. The fraction of sp³-hybridized carbons (Fsp3) is 0.200. The topological polar surface area (TPSA) is 97.2 Å². The predicted molar refractivity (Wildman–Crippen MR) is 111 cm³/mol. The van der Waals surface area contributed by atoms with Crippen LogP contribution in [0.1, 0.15) is 5.56 Å². The molecule has 7 nitrogen and oxygen atoms in total. The summed E-state index contributed by atoms with van der Waals surface area (Å²) in [5.74, 6) is -0.0443. The molecule has 0 saturated heterocycles. The van der Waals surface area contributed by atoms with Crippen LogP contribution >= 0.6 is 0 Å². The van der Waals surface area contributed by atoms with E-state index in [0.717, 1.165) is 6.20 Å². The lowest BCUT2D eigenvalue weighted by Crippen LogP contribution is -2.04. The van der Waals surface area contributed by atoms with Crippen molar-refractivity contribution >= 4 is 21.4 Å². The Labute approximate surface area is 173 Å². The number of pyridine rings is 2. The number of hydrogen-bond donors (Lipinski definition) is 2. The van der Waals surface area contributed by atoms with Gasteiger partial charge in [-0.1, -0.05) is 0 Å². The first-order valence-electron chi connectivity index (χ1n) is 8.71. The first-order valence-corrected chi connectivity index (χ1v) is 10.8. The van der Waals surface area contributed by atoms with Gasteiger partial charge in [-0.15, -0.1) is 0 Å². The summed E-state index contributed by atoms with van der Waals surface area (Å²) in [6, 6.07) is 8.45. The van der Waals surface area contributed by atoms with Gasteiger partial charge in [0.05, 0.1) is 26.2 Å². The normalized spacial score (nSPS) is 12.8. The number of aromatic nitrogens is 2. The smallest absolute Gasteiger partial charge is 0.215 e. The molecule has 0 saturated carbocycles. The van der Waals surface area contributed by atoms with Crippen molar-refractivity contribution in [1.82, 2.24) is 9.97 Å². The average Bonchev–Trinajstić information content (AvgIpc) is 2.68. The fourth-order valence-corrected chi connectivity index (χ4v) is 3.66. The van der Waals surface area contributed by atoms with Gasteiger partial charge in [-0.05, 0) is 29.8 Å². The summed E-state index contributed by atoms with van der Waals surface area (Å²) in [4.78, 5) is 8.27. The van der Waals surface area contributed by atoms with Crippen LogP contribution in [0.15, 0.2) is 42.6 Å². The molecule has 2 heterocycles. The van der Waals surface area contributed by atoms with Crippen molar-refractivity contribution in [2.24, 2.45) is 0 Å². The maximum Gasteiger partial charge on any atom is 0.215 e. The molecule has 0 bridgehead atoms. The van der Waals surface area contributed by atoms with Crippen molar-refractivity contribution < 1.29 is 22.5 Å². The summed E-state index contributed by atoms with van der Waals surface area (Å²) in [7, 11) is 0.0385. The standard InChI is InChI=1S/C20H20F2N4O3S/c1-28-17-8-13(21)4-5-14(17)15-9-18(24-10-16(15)22)25-19-6-12(11-30(3,23)27)7-20(26-19)29-2/h4-10,23H,11H2,1-3H3,(H,24,25,26)/t30-/m1/s1. The Morgan fingerprint density at radius 2 is 1.83 bits per heavy atom. The zero-order chi connectivity index (χ0) is 21.9. The van der Waals surface area contributed by atoms with E-state index >= 15 is 0 Å². The Balaban J connectivity index is 1.99. The largest absolute Gasteiger partial charge is 0.496 e. The minimum absolute atomic E-state index is 0.0232. The Bertz CT molecular complexity index is 1190. The summed E-state index contributed by atoms with van der Waals surface area (Å²) in [5, 5.41) is 2.95. The number of anilines is 2. The number of nitrogens with one attached hydrogen (secondary N) is 2. The van der Waals surface area contributed by atoms with Crippen LogP contribution in [-0.4, -0.2) is 34.7 Å². The van der Waals surface area contributed by atoms with Gasteiger partial charge in [-0.25, -0.2) is 18.0 Å². The van der Waals surface area contributed by atoms with Gasteiger partial charge in [0.25, 0.3) is 0 Å². The minimum atomic E-state index is -2.77. The molecule has 1 atom stereocenters. The maximum absolute atomic E-state index is 14.5. The molecule has 0 amide bonds. The van der Waals surface area contributed by atoms with Gasteiger partial charge >= 0.3 is 0 Å². The summed E-state index contributed by atoms with van der Waals surface area (Å²) >= 11 is 0. The molecule has 0 radical (unpaired) electrons. The predicted octanol–water partition coefficient (Wildman–Crippen LogP) is 4.36. The highest BCUT2D eigenvalue weighted by Gasteiger charge is 2.14. The number of halogens is 2. The summed E-state index contributed by atoms with van der Waals surface area (Å²) in [6.45, 7) is 0. The molecule has 3 aromatic rings. The number of methoxy groups -OCH3 is 2.